The van der Waals surface area contributed by atoms with Crippen LogP contribution in [0, 0.1) is 5.82 Å². The van der Waals surface area contributed by atoms with Gasteiger partial charge in [-0.25, -0.2) is 4.39 Å². The van der Waals surface area contributed by atoms with Crippen LogP contribution in [0.25, 0.3) is 17.0 Å². The fourth-order valence-electron chi connectivity index (χ4n) is 3.55. The number of rotatable bonds is 5. The summed E-state index contributed by atoms with van der Waals surface area (Å²) < 4.78 is 19.2. The number of nitrogens with zero attached hydrogens (tertiary/aromatic N) is 2. The van der Waals surface area contributed by atoms with Crippen molar-refractivity contribution in [3.05, 3.63) is 77.2 Å². The van der Waals surface area contributed by atoms with Crippen LogP contribution < -0.4 is 4.74 Å². The molecule has 2 amide bonds. The molecule has 0 saturated heterocycles. The zero-order valence-electron chi connectivity index (χ0n) is 15.2. The van der Waals surface area contributed by atoms with Crippen LogP contribution in [0.1, 0.15) is 32.0 Å². The summed E-state index contributed by atoms with van der Waals surface area (Å²) in [5.74, 6) is -0.538. The van der Waals surface area contributed by atoms with Crippen LogP contribution >= 0.6 is 0 Å². The number of aromatic nitrogens is 1. The van der Waals surface area contributed by atoms with Crippen LogP contribution in [-0.2, 0) is 6.42 Å². The summed E-state index contributed by atoms with van der Waals surface area (Å²) in [7, 11) is 1.50. The van der Waals surface area contributed by atoms with Gasteiger partial charge in [0.25, 0.3) is 11.8 Å². The highest BCUT2D eigenvalue weighted by Crippen LogP contribution is 2.33. The zero-order chi connectivity index (χ0) is 19.8. The van der Waals surface area contributed by atoms with E-state index < -0.39 is 0 Å². The molecule has 0 aliphatic carbocycles. The Kier molecular flexibility index (Phi) is 4.39. The van der Waals surface area contributed by atoms with Crippen LogP contribution in [0.3, 0.4) is 0 Å². The summed E-state index contributed by atoms with van der Waals surface area (Å²) in [6, 6.07) is 11.0. The Morgan fingerprint density at radius 3 is 2.43 bits per heavy atom. The van der Waals surface area contributed by atoms with Crippen molar-refractivity contribution < 1.29 is 18.7 Å². The van der Waals surface area contributed by atoms with Crippen LogP contribution in [0.4, 0.5) is 4.39 Å². The molecule has 0 unspecified atom stereocenters. The van der Waals surface area contributed by atoms with Gasteiger partial charge in [-0.05, 0) is 30.3 Å². The number of ether oxygens (including phenoxy) is 1. The molecule has 4 rings (SSSR count). The van der Waals surface area contributed by atoms with E-state index in [0.29, 0.717) is 45.5 Å². The second-order valence-corrected chi connectivity index (χ2v) is 6.43. The highest BCUT2D eigenvalue weighted by atomic mass is 19.1. The number of amides is 2. The molecule has 1 aliphatic rings. The maximum Gasteiger partial charge on any atom is 0.261 e. The smallest absolute Gasteiger partial charge is 0.261 e. The Morgan fingerprint density at radius 2 is 1.82 bits per heavy atom. The molecule has 5 nitrogen and oxygen atoms in total. The van der Waals surface area contributed by atoms with E-state index in [2.05, 4.69) is 11.6 Å². The Morgan fingerprint density at radius 1 is 1.14 bits per heavy atom. The molecular formula is C22H17FN2O3. The van der Waals surface area contributed by atoms with Crippen LogP contribution in [-0.4, -0.2) is 35.4 Å². The Hall–Kier alpha value is -3.54. The topological polar surface area (TPSA) is 59.5 Å². The van der Waals surface area contributed by atoms with E-state index in [1.165, 1.54) is 24.1 Å². The first-order valence-corrected chi connectivity index (χ1v) is 8.79. The predicted molar refractivity (Wildman–Crippen MR) is 104 cm³/mol. The molecule has 2 heterocycles. The van der Waals surface area contributed by atoms with E-state index in [4.69, 9.17) is 4.74 Å². The molecule has 0 spiro atoms. The number of methoxy groups -OCH3 is 1. The number of benzene rings is 2. The summed E-state index contributed by atoms with van der Waals surface area (Å²) in [4.78, 5) is 30.9. The third-order valence-electron chi connectivity index (χ3n) is 4.87. The number of hydrogen-bond acceptors (Lipinski definition) is 4. The van der Waals surface area contributed by atoms with E-state index in [-0.39, 0.29) is 24.2 Å². The Labute approximate surface area is 161 Å². The first-order chi connectivity index (χ1) is 13.5. The molecule has 0 atom stereocenters. The van der Waals surface area contributed by atoms with Gasteiger partial charge in [-0.1, -0.05) is 24.8 Å². The van der Waals surface area contributed by atoms with Crippen molar-refractivity contribution in [1.82, 2.24) is 9.88 Å². The lowest BCUT2D eigenvalue weighted by Gasteiger charge is -2.17. The number of hydrogen-bond donors (Lipinski definition) is 0. The monoisotopic (exact) mass is 376 g/mol. The largest absolute Gasteiger partial charge is 0.495 e. The third-order valence-corrected chi connectivity index (χ3v) is 4.87. The minimum atomic E-state index is -0.388. The van der Waals surface area contributed by atoms with Gasteiger partial charge >= 0.3 is 0 Å². The average Bonchev–Trinajstić information content (AvgIpc) is 2.95. The fourth-order valence-corrected chi connectivity index (χ4v) is 3.55. The summed E-state index contributed by atoms with van der Waals surface area (Å²) in [5, 5.41) is 0.543. The van der Waals surface area contributed by atoms with E-state index in [0.717, 1.165) is 0 Å². The minimum Gasteiger partial charge on any atom is -0.495 e. The number of carbonyl (C=O) groups is 2. The SMILES string of the molecule is C=Cc1c(CCN2C(=O)c3ccccc3C2=O)nc2ccc(F)cc2c1OC. The number of halogens is 1. The van der Waals surface area contributed by atoms with Gasteiger partial charge in [-0.2, -0.15) is 0 Å². The zero-order valence-corrected chi connectivity index (χ0v) is 15.2. The Bertz CT molecular complexity index is 1110. The summed E-state index contributed by atoms with van der Waals surface area (Å²) in [6.45, 7) is 3.99. The van der Waals surface area contributed by atoms with E-state index >= 15 is 0 Å². The van der Waals surface area contributed by atoms with Crippen LogP contribution in [0.2, 0.25) is 0 Å². The quantitative estimate of drug-likeness (QED) is 0.635. The lowest BCUT2D eigenvalue weighted by Crippen LogP contribution is -2.32. The van der Waals surface area contributed by atoms with Crippen molar-refractivity contribution in [1.29, 1.82) is 0 Å². The summed E-state index contributed by atoms with van der Waals surface area (Å²) in [5.41, 5.74) is 2.65. The molecule has 6 heteroatoms. The van der Waals surface area contributed by atoms with Gasteiger partial charge in [0.2, 0.25) is 0 Å². The van der Waals surface area contributed by atoms with Gasteiger partial charge in [-0.3, -0.25) is 19.5 Å². The van der Waals surface area contributed by atoms with Gasteiger partial charge < -0.3 is 4.74 Å². The number of carbonyl (C=O) groups excluding carboxylic acids is 2. The molecule has 28 heavy (non-hydrogen) atoms. The molecule has 0 fully saturated rings. The fraction of sp³-hybridized carbons (Fsp3) is 0.136. The molecule has 0 bridgehead atoms. The second-order valence-electron chi connectivity index (χ2n) is 6.43. The minimum absolute atomic E-state index is 0.177. The van der Waals surface area contributed by atoms with E-state index in [1.54, 1.807) is 36.4 Å². The lowest BCUT2D eigenvalue weighted by atomic mass is 10.0. The predicted octanol–water partition coefficient (Wildman–Crippen LogP) is 3.86. The molecule has 2 aromatic carbocycles. The van der Waals surface area contributed by atoms with Crippen molar-refractivity contribution in [2.75, 3.05) is 13.7 Å². The third kappa shape index (κ3) is 2.74. The first-order valence-electron chi connectivity index (χ1n) is 8.79. The maximum atomic E-state index is 13.7. The van der Waals surface area contributed by atoms with Crippen LogP contribution in [0.15, 0.2) is 49.0 Å². The molecule has 0 N–H and O–H groups in total. The van der Waals surface area contributed by atoms with E-state index in [1.807, 2.05) is 0 Å². The molecule has 0 saturated carbocycles. The second kappa shape index (κ2) is 6.88. The highest BCUT2D eigenvalue weighted by Gasteiger charge is 2.34. The molecular weight excluding hydrogens is 359 g/mol. The van der Waals surface area contributed by atoms with Gasteiger partial charge in [0.05, 0.1) is 29.4 Å². The average molecular weight is 376 g/mol. The van der Waals surface area contributed by atoms with Crippen molar-refractivity contribution in [3.8, 4) is 5.75 Å². The summed E-state index contributed by atoms with van der Waals surface area (Å²) >= 11 is 0. The maximum absolute atomic E-state index is 13.7. The van der Waals surface area contributed by atoms with Gasteiger partial charge in [0.1, 0.15) is 11.6 Å². The molecule has 3 aromatic rings. The number of fused-ring (bicyclic) bond motifs is 2. The van der Waals surface area contributed by atoms with Crippen molar-refractivity contribution in [2.24, 2.45) is 0 Å². The molecule has 0 radical (unpaired) electrons. The van der Waals surface area contributed by atoms with Crippen LogP contribution in [0.5, 0.6) is 5.75 Å². The van der Waals surface area contributed by atoms with Gasteiger partial charge in [0, 0.05) is 23.9 Å². The molecule has 1 aliphatic heterocycles. The van der Waals surface area contributed by atoms with E-state index in [9.17, 15) is 14.0 Å². The van der Waals surface area contributed by atoms with Crippen molar-refractivity contribution in [3.63, 3.8) is 0 Å². The van der Waals surface area contributed by atoms with Crippen molar-refractivity contribution >= 4 is 28.8 Å². The summed E-state index contributed by atoms with van der Waals surface area (Å²) in [6.07, 6.45) is 1.92. The molecule has 140 valence electrons. The van der Waals surface area contributed by atoms with Gasteiger partial charge in [-0.15, -0.1) is 0 Å². The number of imide groups is 1. The molecule has 1 aromatic heterocycles. The highest BCUT2D eigenvalue weighted by molar-refractivity contribution is 6.21. The Balaban J connectivity index is 1.69. The van der Waals surface area contributed by atoms with Crippen molar-refractivity contribution in [2.45, 2.75) is 6.42 Å². The first kappa shape index (κ1) is 17.9. The standard InChI is InChI=1S/C22H17FN2O3/c1-3-14-19(24-18-9-8-13(23)12-17(18)20(14)28-2)10-11-25-21(26)15-6-4-5-7-16(15)22(25)27/h3-9,12H,1,10-11H2,2H3. The number of pyridine rings is 1. The normalized spacial score (nSPS) is 13.1. The lowest BCUT2D eigenvalue weighted by molar-refractivity contribution is 0.0656. The van der Waals surface area contributed by atoms with Gasteiger partial charge in [0.15, 0.2) is 0 Å².